The van der Waals surface area contributed by atoms with Gasteiger partial charge < -0.3 is 14.8 Å². The van der Waals surface area contributed by atoms with Crippen molar-refractivity contribution in [2.24, 2.45) is 0 Å². The molecule has 1 aromatic rings. The van der Waals surface area contributed by atoms with E-state index in [9.17, 15) is 4.79 Å². The van der Waals surface area contributed by atoms with Crippen LogP contribution in [0.3, 0.4) is 0 Å². The fourth-order valence-corrected chi connectivity index (χ4v) is 2.13. The summed E-state index contributed by atoms with van der Waals surface area (Å²) in [6.07, 6.45) is 0.181. The monoisotopic (exact) mass is 367 g/mol. The molecule has 0 spiro atoms. The van der Waals surface area contributed by atoms with Gasteiger partial charge in [0.05, 0.1) is 0 Å². The molecule has 0 saturated carbocycles. The van der Waals surface area contributed by atoms with Gasteiger partial charge in [0.25, 0.3) is 5.91 Å². The van der Waals surface area contributed by atoms with E-state index in [-0.39, 0.29) is 11.3 Å². The Morgan fingerprint density at radius 3 is 2.40 bits per heavy atom. The summed E-state index contributed by atoms with van der Waals surface area (Å²) in [5.41, 5.74) is 6.48. The van der Waals surface area contributed by atoms with Gasteiger partial charge in [-0.25, -0.2) is 0 Å². The van der Waals surface area contributed by atoms with E-state index in [0.29, 0.717) is 24.0 Å². The second kappa shape index (κ2) is 10.2. The maximum Gasteiger partial charge on any atom is 0.279 e. The number of amides is 1. The first-order valence-corrected chi connectivity index (χ1v) is 8.74. The molecule has 7 heteroatoms. The second-order valence-corrected chi connectivity index (χ2v) is 7.16. The molecule has 0 bridgehead atoms. The van der Waals surface area contributed by atoms with Gasteiger partial charge in [0.2, 0.25) is 0 Å². The van der Waals surface area contributed by atoms with Crippen LogP contribution in [0.4, 0.5) is 0 Å². The van der Waals surface area contributed by atoms with Gasteiger partial charge in [-0.05, 0) is 48.7 Å². The summed E-state index contributed by atoms with van der Waals surface area (Å²) in [6, 6.07) is 7.77. The van der Waals surface area contributed by atoms with Crippen LogP contribution in [0.5, 0.6) is 5.75 Å². The molecule has 6 nitrogen and oxygen atoms in total. The highest BCUT2D eigenvalue weighted by atomic mass is 32.1. The van der Waals surface area contributed by atoms with Crippen molar-refractivity contribution in [3.05, 3.63) is 29.8 Å². The highest BCUT2D eigenvalue weighted by molar-refractivity contribution is 7.80. The lowest BCUT2D eigenvalue weighted by molar-refractivity contribution is -0.127. The van der Waals surface area contributed by atoms with E-state index in [0.717, 1.165) is 6.42 Å². The Hall–Kier alpha value is -1.86. The Balaban J connectivity index is 2.37. The minimum atomic E-state index is -0.649. The smallest absolute Gasteiger partial charge is 0.279 e. The number of carbonyl (C=O) groups excluding carboxylic acids is 1. The fourth-order valence-electron chi connectivity index (χ4n) is 1.97. The van der Waals surface area contributed by atoms with Gasteiger partial charge in [-0.1, -0.05) is 32.9 Å². The van der Waals surface area contributed by atoms with Crippen LogP contribution in [0.25, 0.3) is 0 Å². The summed E-state index contributed by atoms with van der Waals surface area (Å²) >= 11 is 5.07. The van der Waals surface area contributed by atoms with Crippen LogP contribution < -0.4 is 20.9 Å². The molecule has 0 radical (unpaired) electrons. The molecule has 0 saturated heterocycles. The molecular weight excluding hydrogens is 338 g/mol. The molecule has 0 aliphatic heterocycles. The van der Waals surface area contributed by atoms with Crippen LogP contribution in [0, 0.1) is 0 Å². The molecule has 0 aliphatic carbocycles. The number of benzene rings is 1. The average Bonchev–Trinajstić information content (AvgIpc) is 2.56. The van der Waals surface area contributed by atoms with Crippen LogP contribution in [-0.4, -0.2) is 37.4 Å². The Morgan fingerprint density at radius 2 is 1.84 bits per heavy atom. The molecule has 0 fully saturated rings. The zero-order valence-electron chi connectivity index (χ0n) is 15.6. The topological polar surface area (TPSA) is 71.6 Å². The number of methoxy groups -OCH3 is 1. The third kappa shape index (κ3) is 8.18. The first-order valence-electron chi connectivity index (χ1n) is 8.34. The van der Waals surface area contributed by atoms with E-state index in [1.165, 1.54) is 5.56 Å². The minimum absolute atomic E-state index is 0.0807. The number of thiocarbonyl (C=S) groups is 1. The maximum atomic E-state index is 12.0. The number of hydrogen-bond acceptors (Lipinski definition) is 4. The predicted molar refractivity (Wildman–Crippen MR) is 104 cm³/mol. The van der Waals surface area contributed by atoms with Crippen molar-refractivity contribution < 1.29 is 14.3 Å². The SMILES string of the molecule is COCCCNC(=S)NNC(=O)[C@H](C)Oc1ccc(C(C)(C)C)cc1. The van der Waals surface area contributed by atoms with Gasteiger partial charge in [0.15, 0.2) is 11.2 Å². The Labute approximate surface area is 155 Å². The zero-order chi connectivity index (χ0) is 18.9. The summed E-state index contributed by atoms with van der Waals surface area (Å²) in [5.74, 6) is 0.344. The van der Waals surface area contributed by atoms with E-state index >= 15 is 0 Å². The molecule has 0 aromatic heterocycles. The average molecular weight is 368 g/mol. The zero-order valence-corrected chi connectivity index (χ0v) is 16.5. The molecule has 1 aromatic carbocycles. The predicted octanol–water partition coefficient (Wildman–Crippen LogP) is 2.28. The molecule has 0 unspecified atom stereocenters. The maximum absolute atomic E-state index is 12.0. The van der Waals surface area contributed by atoms with Crippen molar-refractivity contribution >= 4 is 23.2 Å². The van der Waals surface area contributed by atoms with Crippen LogP contribution >= 0.6 is 12.2 Å². The van der Waals surface area contributed by atoms with Gasteiger partial charge >= 0.3 is 0 Å². The van der Waals surface area contributed by atoms with Crippen LogP contribution in [0.15, 0.2) is 24.3 Å². The fraction of sp³-hybridized carbons (Fsp3) is 0.556. The minimum Gasteiger partial charge on any atom is -0.481 e. The van der Waals surface area contributed by atoms with E-state index < -0.39 is 6.10 Å². The first kappa shape index (κ1) is 21.2. The van der Waals surface area contributed by atoms with Crippen molar-refractivity contribution in [1.82, 2.24) is 16.2 Å². The number of ether oxygens (including phenoxy) is 2. The van der Waals surface area contributed by atoms with Gasteiger partial charge in [-0.3, -0.25) is 15.6 Å². The van der Waals surface area contributed by atoms with Crippen LogP contribution in [-0.2, 0) is 14.9 Å². The Bertz CT molecular complexity index is 556. The third-order valence-corrected chi connectivity index (χ3v) is 3.76. The lowest BCUT2D eigenvalue weighted by atomic mass is 9.87. The number of carbonyl (C=O) groups is 1. The van der Waals surface area contributed by atoms with E-state index in [4.69, 9.17) is 21.7 Å². The summed E-state index contributed by atoms with van der Waals surface area (Å²) in [4.78, 5) is 12.0. The Kier molecular flexibility index (Phi) is 8.65. The Morgan fingerprint density at radius 1 is 1.20 bits per heavy atom. The largest absolute Gasteiger partial charge is 0.481 e. The molecule has 1 rings (SSSR count). The molecule has 1 amide bonds. The van der Waals surface area contributed by atoms with Gasteiger partial charge in [-0.15, -0.1) is 0 Å². The summed E-state index contributed by atoms with van der Waals surface area (Å²) in [5, 5.41) is 3.32. The first-order chi connectivity index (χ1) is 11.7. The highest BCUT2D eigenvalue weighted by Crippen LogP contribution is 2.24. The molecule has 3 N–H and O–H groups in total. The third-order valence-electron chi connectivity index (χ3n) is 3.51. The molecule has 0 aliphatic rings. The molecule has 0 heterocycles. The van der Waals surface area contributed by atoms with E-state index in [2.05, 4.69) is 36.9 Å². The summed E-state index contributed by atoms with van der Waals surface area (Å²) < 4.78 is 10.6. The lowest BCUT2D eigenvalue weighted by Gasteiger charge is -2.20. The van der Waals surface area contributed by atoms with Crippen molar-refractivity contribution in [3.8, 4) is 5.75 Å². The number of hydrogen-bond donors (Lipinski definition) is 3. The molecule has 1 atom stereocenters. The highest BCUT2D eigenvalue weighted by Gasteiger charge is 2.16. The second-order valence-electron chi connectivity index (χ2n) is 6.75. The number of hydrazine groups is 1. The molecular formula is C18H29N3O3S. The quantitative estimate of drug-likeness (QED) is 0.390. The number of nitrogens with one attached hydrogen (secondary N) is 3. The van der Waals surface area contributed by atoms with Crippen LogP contribution in [0.2, 0.25) is 0 Å². The van der Waals surface area contributed by atoms with Crippen molar-refractivity contribution in [2.75, 3.05) is 20.3 Å². The van der Waals surface area contributed by atoms with E-state index in [1.54, 1.807) is 14.0 Å². The normalized spacial score (nSPS) is 12.2. The lowest BCUT2D eigenvalue weighted by Crippen LogP contribution is -2.50. The van der Waals surface area contributed by atoms with Crippen molar-refractivity contribution in [2.45, 2.75) is 45.6 Å². The van der Waals surface area contributed by atoms with Crippen molar-refractivity contribution in [1.29, 1.82) is 0 Å². The van der Waals surface area contributed by atoms with Gasteiger partial charge in [0.1, 0.15) is 5.75 Å². The van der Waals surface area contributed by atoms with Gasteiger partial charge in [-0.2, -0.15) is 0 Å². The van der Waals surface area contributed by atoms with Gasteiger partial charge in [0, 0.05) is 20.3 Å². The number of rotatable bonds is 7. The van der Waals surface area contributed by atoms with Crippen molar-refractivity contribution in [3.63, 3.8) is 0 Å². The standard InChI is InChI=1S/C18H29N3O3S/c1-13(16(22)20-21-17(25)19-11-6-12-23-5)24-15-9-7-14(8-10-15)18(2,3)4/h7-10,13H,6,11-12H2,1-5H3,(H,20,22)(H2,19,21,25)/t13-/m0/s1. The molecule has 140 valence electrons. The van der Waals surface area contributed by atoms with Crippen LogP contribution in [0.1, 0.15) is 39.7 Å². The van der Waals surface area contributed by atoms with E-state index in [1.807, 2.05) is 24.3 Å². The summed E-state index contributed by atoms with van der Waals surface area (Å²) in [7, 11) is 1.65. The molecule has 25 heavy (non-hydrogen) atoms. The summed E-state index contributed by atoms with van der Waals surface area (Å²) in [6.45, 7) is 9.46.